The average Bonchev–Trinajstić information content (AvgIpc) is 2.84. The highest BCUT2D eigenvalue weighted by Crippen LogP contribution is 2.40. The van der Waals surface area contributed by atoms with Crippen LogP contribution in [0.1, 0.15) is 18.4 Å². The van der Waals surface area contributed by atoms with E-state index in [1.54, 1.807) is 26.6 Å². The maximum absolute atomic E-state index is 6.22. The van der Waals surface area contributed by atoms with Crippen molar-refractivity contribution in [1.82, 2.24) is 4.98 Å². The van der Waals surface area contributed by atoms with Gasteiger partial charge in [0.2, 0.25) is 0 Å². The monoisotopic (exact) mass is 404 g/mol. The van der Waals surface area contributed by atoms with E-state index in [0.717, 1.165) is 48.9 Å². The Morgan fingerprint density at radius 2 is 1.70 bits per heavy atom. The normalized spacial score (nSPS) is 15.5. The fourth-order valence-corrected chi connectivity index (χ4v) is 4.19. The molecule has 1 aromatic heterocycles. The largest absolute Gasteiger partial charge is 0.497 e. The smallest absolute Gasteiger partial charge is 0.142 e. The predicted molar refractivity (Wildman–Crippen MR) is 119 cm³/mol. The van der Waals surface area contributed by atoms with Crippen LogP contribution < -0.4 is 19.1 Å². The number of methoxy groups -OCH3 is 2. The number of rotatable bonds is 7. The Balaban J connectivity index is 1.58. The van der Waals surface area contributed by atoms with Crippen LogP contribution in [0.25, 0.3) is 0 Å². The molecule has 0 aliphatic carbocycles. The van der Waals surface area contributed by atoms with Crippen LogP contribution in [-0.4, -0.2) is 38.9 Å². The van der Waals surface area contributed by atoms with Gasteiger partial charge in [-0.1, -0.05) is 24.3 Å². The number of benzene rings is 2. The lowest BCUT2D eigenvalue weighted by Crippen LogP contribution is -2.46. The fraction of sp³-hybridized carbons (Fsp3) is 0.320. The van der Waals surface area contributed by atoms with Crippen molar-refractivity contribution >= 4 is 5.69 Å². The summed E-state index contributed by atoms with van der Waals surface area (Å²) in [4.78, 5) is 6.58. The number of nitrogens with zero attached hydrogens (tertiary/aromatic N) is 2. The van der Waals surface area contributed by atoms with Crippen LogP contribution in [0.5, 0.6) is 17.2 Å². The van der Waals surface area contributed by atoms with Crippen molar-refractivity contribution < 1.29 is 14.2 Å². The number of hydrogen-bond acceptors (Lipinski definition) is 5. The second kappa shape index (κ2) is 9.08. The number of anilines is 1. The van der Waals surface area contributed by atoms with Gasteiger partial charge in [-0.3, -0.25) is 4.98 Å². The molecule has 1 fully saturated rings. The number of ether oxygens (including phenoxy) is 3. The Hall–Kier alpha value is -3.21. The van der Waals surface area contributed by atoms with E-state index in [-0.39, 0.29) is 5.41 Å². The Kier molecular flexibility index (Phi) is 6.07. The van der Waals surface area contributed by atoms with E-state index in [1.165, 1.54) is 5.56 Å². The fourth-order valence-electron chi connectivity index (χ4n) is 4.19. The summed E-state index contributed by atoms with van der Waals surface area (Å²) in [6.07, 6.45) is 5.47. The maximum atomic E-state index is 6.22. The molecule has 5 heteroatoms. The SMILES string of the molecule is COc1cccc(C2(COc3cccnc3)CCN(c3ccccc3OC)CC2)c1. The summed E-state index contributed by atoms with van der Waals surface area (Å²) in [7, 11) is 3.44. The summed E-state index contributed by atoms with van der Waals surface area (Å²) in [6.45, 7) is 2.45. The molecule has 156 valence electrons. The summed E-state index contributed by atoms with van der Waals surface area (Å²) in [5.74, 6) is 2.59. The molecule has 0 bridgehead atoms. The molecular formula is C25H28N2O3. The Morgan fingerprint density at radius 3 is 2.43 bits per heavy atom. The van der Waals surface area contributed by atoms with E-state index in [0.29, 0.717) is 6.61 Å². The Labute approximate surface area is 178 Å². The van der Waals surface area contributed by atoms with E-state index in [9.17, 15) is 0 Å². The van der Waals surface area contributed by atoms with Crippen molar-refractivity contribution in [2.24, 2.45) is 0 Å². The molecule has 0 amide bonds. The summed E-state index contributed by atoms with van der Waals surface area (Å²) in [6, 6.07) is 20.5. The lowest BCUT2D eigenvalue weighted by Gasteiger charge is -2.43. The van der Waals surface area contributed by atoms with E-state index < -0.39 is 0 Å². The minimum atomic E-state index is -0.0943. The van der Waals surface area contributed by atoms with Gasteiger partial charge >= 0.3 is 0 Å². The van der Waals surface area contributed by atoms with Gasteiger partial charge < -0.3 is 19.1 Å². The minimum Gasteiger partial charge on any atom is -0.497 e. The molecule has 1 aliphatic heterocycles. The highest BCUT2D eigenvalue weighted by molar-refractivity contribution is 5.59. The predicted octanol–water partition coefficient (Wildman–Crippen LogP) is 4.72. The Bertz CT molecular complexity index is 953. The molecule has 1 aliphatic rings. The number of hydrogen-bond donors (Lipinski definition) is 0. The van der Waals surface area contributed by atoms with Crippen LogP contribution >= 0.6 is 0 Å². The lowest BCUT2D eigenvalue weighted by atomic mass is 9.73. The lowest BCUT2D eigenvalue weighted by molar-refractivity contribution is 0.183. The van der Waals surface area contributed by atoms with Crippen molar-refractivity contribution in [1.29, 1.82) is 0 Å². The third kappa shape index (κ3) is 4.20. The zero-order valence-electron chi connectivity index (χ0n) is 17.6. The molecule has 0 atom stereocenters. The highest BCUT2D eigenvalue weighted by Gasteiger charge is 2.38. The number of para-hydroxylation sites is 2. The molecule has 5 nitrogen and oxygen atoms in total. The summed E-state index contributed by atoms with van der Waals surface area (Å²) < 4.78 is 17.3. The molecule has 2 aromatic carbocycles. The van der Waals surface area contributed by atoms with Gasteiger partial charge in [-0.05, 0) is 54.8 Å². The first-order chi connectivity index (χ1) is 14.7. The zero-order valence-corrected chi connectivity index (χ0v) is 17.6. The van der Waals surface area contributed by atoms with E-state index in [1.807, 2.05) is 30.3 Å². The van der Waals surface area contributed by atoms with Gasteiger partial charge in [0.1, 0.15) is 17.2 Å². The maximum Gasteiger partial charge on any atom is 0.142 e. The van der Waals surface area contributed by atoms with Gasteiger partial charge in [0.25, 0.3) is 0 Å². The molecule has 1 saturated heterocycles. The van der Waals surface area contributed by atoms with Gasteiger partial charge in [0, 0.05) is 24.7 Å². The molecule has 0 saturated carbocycles. The molecular weight excluding hydrogens is 376 g/mol. The second-order valence-electron chi connectivity index (χ2n) is 7.65. The van der Waals surface area contributed by atoms with Crippen molar-refractivity contribution in [2.75, 3.05) is 38.8 Å². The molecule has 2 heterocycles. The first kappa shape index (κ1) is 20.1. The van der Waals surface area contributed by atoms with Crippen molar-refractivity contribution in [2.45, 2.75) is 18.3 Å². The van der Waals surface area contributed by atoms with Gasteiger partial charge in [0.15, 0.2) is 0 Å². The second-order valence-corrected chi connectivity index (χ2v) is 7.65. The van der Waals surface area contributed by atoms with Crippen LogP contribution in [0.4, 0.5) is 5.69 Å². The minimum absolute atomic E-state index is 0.0943. The van der Waals surface area contributed by atoms with Crippen LogP contribution in [0, 0.1) is 0 Å². The zero-order chi connectivity index (χ0) is 20.8. The number of piperidine rings is 1. The van der Waals surface area contributed by atoms with Gasteiger partial charge in [-0.25, -0.2) is 0 Å². The third-order valence-electron chi connectivity index (χ3n) is 5.98. The van der Waals surface area contributed by atoms with Crippen LogP contribution in [0.3, 0.4) is 0 Å². The van der Waals surface area contributed by atoms with Crippen molar-refractivity contribution in [3.63, 3.8) is 0 Å². The molecule has 0 N–H and O–H groups in total. The summed E-state index contributed by atoms with van der Waals surface area (Å²) in [5.41, 5.74) is 2.31. The van der Waals surface area contributed by atoms with Crippen LogP contribution in [0.15, 0.2) is 73.1 Å². The topological polar surface area (TPSA) is 43.8 Å². The van der Waals surface area contributed by atoms with Gasteiger partial charge in [-0.15, -0.1) is 0 Å². The van der Waals surface area contributed by atoms with Gasteiger partial charge in [-0.2, -0.15) is 0 Å². The first-order valence-electron chi connectivity index (χ1n) is 10.3. The molecule has 0 spiro atoms. The first-order valence-corrected chi connectivity index (χ1v) is 10.3. The summed E-state index contributed by atoms with van der Waals surface area (Å²) >= 11 is 0. The number of pyridine rings is 1. The van der Waals surface area contributed by atoms with Crippen LogP contribution in [-0.2, 0) is 5.41 Å². The van der Waals surface area contributed by atoms with E-state index in [4.69, 9.17) is 14.2 Å². The summed E-state index contributed by atoms with van der Waals surface area (Å²) in [5, 5.41) is 0. The standard InChI is InChI=1S/C25H28N2O3/c1-28-21-8-5-7-20(17-21)25(19-30-22-9-6-14-26-18-22)12-15-27(16-13-25)23-10-3-4-11-24(23)29-2/h3-11,14,17-18H,12-13,15-16,19H2,1-2H3. The number of aromatic nitrogens is 1. The van der Waals surface area contributed by atoms with Crippen molar-refractivity contribution in [3.05, 3.63) is 78.6 Å². The molecule has 30 heavy (non-hydrogen) atoms. The van der Waals surface area contributed by atoms with Crippen LogP contribution in [0.2, 0.25) is 0 Å². The van der Waals surface area contributed by atoms with Gasteiger partial charge in [0.05, 0.1) is 32.7 Å². The highest BCUT2D eigenvalue weighted by atomic mass is 16.5. The van der Waals surface area contributed by atoms with E-state index >= 15 is 0 Å². The molecule has 0 radical (unpaired) electrons. The quantitative estimate of drug-likeness (QED) is 0.570. The average molecular weight is 405 g/mol. The van der Waals surface area contributed by atoms with E-state index in [2.05, 4.69) is 40.2 Å². The molecule has 4 rings (SSSR count). The third-order valence-corrected chi connectivity index (χ3v) is 5.98. The molecule has 0 unspecified atom stereocenters. The molecule has 3 aromatic rings. The van der Waals surface area contributed by atoms with Crippen molar-refractivity contribution in [3.8, 4) is 17.2 Å². The Morgan fingerprint density at radius 1 is 0.900 bits per heavy atom.